The normalized spacial score (nSPS) is 11.6. The van der Waals surface area contributed by atoms with Gasteiger partial charge in [0.25, 0.3) is 0 Å². The molecule has 6 heteroatoms. The lowest BCUT2D eigenvalue weighted by atomic mass is 10.1. The van der Waals surface area contributed by atoms with E-state index in [4.69, 9.17) is 0 Å². The molecule has 0 amide bonds. The van der Waals surface area contributed by atoms with Crippen LogP contribution in [0.15, 0.2) is 54.7 Å². The highest BCUT2D eigenvalue weighted by Crippen LogP contribution is 2.33. The van der Waals surface area contributed by atoms with Crippen molar-refractivity contribution in [3.63, 3.8) is 0 Å². The third-order valence-corrected chi connectivity index (χ3v) is 3.17. The molecule has 112 valence electrons. The van der Waals surface area contributed by atoms with Crippen molar-refractivity contribution in [2.45, 2.75) is 6.18 Å². The van der Waals surface area contributed by atoms with Crippen molar-refractivity contribution >= 4 is 22.3 Å². The first-order valence-corrected chi connectivity index (χ1v) is 6.42. The van der Waals surface area contributed by atoms with E-state index < -0.39 is 17.6 Å². The standard InChI is InChI=1S/C16H10F4N2/c17-11-2-1-3-12(9-11)22-15-6-7-21-14-5-4-10(8-13(14)15)16(18,19)20/h1-9H,(H,21,22). The topological polar surface area (TPSA) is 24.9 Å². The number of halogens is 4. The van der Waals surface area contributed by atoms with Gasteiger partial charge in [-0.15, -0.1) is 0 Å². The monoisotopic (exact) mass is 306 g/mol. The van der Waals surface area contributed by atoms with Crippen LogP contribution < -0.4 is 5.32 Å². The first-order chi connectivity index (χ1) is 10.4. The van der Waals surface area contributed by atoms with Crippen molar-refractivity contribution in [1.29, 1.82) is 0 Å². The molecule has 3 aromatic rings. The van der Waals surface area contributed by atoms with Gasteiger partial charge in [0.1, 0.15) is 5.82 Å². The molecule has 1 aromatic heterocycles. The second-order valence-corrected chi connectivity index (χ2v) is 4.72. The SMILES string of the molecule is Fc1cccc(Nc2ccnc3ccc(C(F)(F)F)cc23)c1. The van der Waals surface area contributed by atoms with Gasteiger partial charge in [-0.3, -0.25) is 4.98 Å². The lowest BCUT2D eigenvalue weighted by molar-refractivity contribution is -0.137. The van der Waals surface area contributed by atoms with Crippen molar-refractivity contribution in [2.75, 3.05) is 5.32 Å². The molecule has 0 aliphatic rings. The first-order valence-electron chi connectivity index (χ1n) is 6.42. The number of alkyl halides is 3. The number of pyridine rings is 1. The Kier molecular flexibility index (Phi) is 3.44. The fourth-order valence-electron chi connectivity index (χ4n) is 2.15. The van der Waals surface area contributed by atoms with Crippen LogP contribution in [0.25, 0.3) is 10.9 Å². The summed E-state index contributed by atoms with van der Waals surface area (Å²) in [6.45, 7) is 0. The highest BCUT2D eigenvalue weighted by Gasteiger charge is 2.30. The van der Waals surface area contributed by atoms with Crippen LogP contribution in [-0.2, 0) is 6.18 Å². The molecule has 0 aliphatic carbocycles. The quantitative estimate of drug-likeness (QED) is 0.663. The van der Waals surface area contributed by atoms with Crippen molar-refractivity contribution in [1.82, 2.24) is 4.98 Å². The van der Waals surface area contributed by atoms with Crippen LogP contribution in [0.2, 0.25) is 0 Å². The third kappa shape index (κ3) is 2.86. The van der Waals surface area contributed by atoms with E-state index in [1.54, 1.807) is 12.1 Å². The molecule has 0 bridgehead atoms. The van der Waals surface area contributed by atoms with Crippen LogP contribution in [0.1, 0.15) is 5.56 Å². The zero-order valence-electron chi connectivity index (χ0n) is 11.2. The largest absolute Gasteiger partial charge is 0.416 e. The van der Waals surface area contributed by atoms with Crippen molar-refractivity contribution in [2.24, 2.45) is 0 Å². The van der Waals surface area contributed by atoms with E-state index in [0.29, 0.717) is 22.3 Å². The Morgan fingerprint density at radius 2 is 1.77 bits per heavy atom. The van der Waals surface area contributed by atoms with Gasteiger partial charge in [0.15, 0.2) is 0 Å². The summed E-state index contributed by atoms with van der Waals surface area (Å²) in [6, 6.07) is 10.6. The minimum atomic E-state index is -4.43. The summed E-state index contributed by atoms with van der Waals surface area (Å²) in [5, 5.41) is 3.24. The van der Waals surface area contributed by atoms with Gasteiger partial charge in [0, 0.05) is 23.0 Å². The molecular formula is C16H10F4N2. The van der Waals surface area contributed by atoms with Crippen LogP contribution in [-0.4, -0.2) is 4.98 Å². The predicted molar refractivity (Wildman–Crippen MR) is 76.4 cm³/mol. The summed E-state index contributed by atoms with van der Waals surface area (Å²) in [7, 11) is 0. The fraction of sp³-hybridized carbons (Fsp3) is 0.0625. The molecule has 22 heavy (non-hydrogen) atoms. The summed E-state index contributed by atoms with van der Waals surface area (Å²) in [6.07, 6.45) is -2.95. The van der Waals surface area contributed by atoms with E-state index in [1.165, 1.54) is 30.5 Å². The molecule has 0 fully saturated rings. The molecule has 0 saturated heterocycles. The van der Waals surface area contributed by atoms with Crippen LogP contribution in [0.4, 0.5) is 28.9 Å². The van der Waals surface area contributed by atoms with Crippen molar-refractivity contribution in [3.05, 3.63) is 66.1 Å². The van der Waals surface area contributed by atoms with Crippen LogP contribution in [0.5, 0.6) is 0 Å². The number of nitrogens with zero attached hydrogens (tertiary/aromatic N) is 1. The number of fused-ring (bicyclic) bond motifs is 1. The highest BCUT2D eigenvalue weighted by atomic mass is 19.4. The number of rotatable bonds is 2. The second-order valence-electron chi connectivity index (χ2n) is 4.72. The van der Waals surface area contributed by atoms with Crippen LogP contribution in [0.3, 0.4) is 0 Å². The lowest BCUT2D eigenvalue weighted by Gasteiger charge is -2.12. The minimum absolute atomic E-state index is 0.321. The highest BCUT2D eigenvalue weighted by molar-refractivity contribution is 5.93. The maximum atomic E-state index is 13.2. The van der Waals surface area contributed by atoms with Gasteiger partial charge in [0.2, 0.25) is 0 Å². The number of benzene rings is 2. The number of hydrogen-bond donors (Lipinski definition) is 1. The van der Waals surface area contributed by atoms with Gasteiger partial charge < -0.3 is 5.32 Å². The summed E-state index contributed by atoms with van der Waals surface area (Å²) < 4.78 is 51.7. The number of anilines is 2. The Bertz CT molecular complexity index is 828. The lowest BCUT2D eigenvalue weighted by Crippen LogP contribution is -2.05. The van der Waals surface area contributed by atoms with E-state index in [0.717, 1.165) is 12.1 Å². The second kappa shape index (κ2) is 5.29. The van der Waals surface area contributed by atoms with Gasteiger partial charge in [-0.05, 0) is 42.5 Å². The van der Waals surface area contributed by atoms with E-state index in [2.05, 4.69) is 10.3 Å². The first kappa shape index (κ1) is 14.3. The molecule has 0 spiro atoms. The summed E-state index contributed by atoms with van der Waals surface area (Å²) in [5.74, 6) is -0.431. The predicted octanol–water partition coefficient (Wildman–Crippen LogP) is 5.14. The van der Waals surface area contributed by atoms with E-state index in [1.807, 2.05) is 0 Å². The molecule has 0 radical (unpaired) electrons. The molecule has 1 heterocycles. The van der Waals surface area contributed by atoms with Gasteiger partial charge in [-0.2, -0.15) is 13.2 Å². The van der Waals surface area contributed by atoms with Gasteiger partial charge in [-0.25, -0.2) is 4.39 Å². The molecular weight excluding hydrogens is 296 g/mol. The molecule has 0 saturated carbocycles. The summed E-state index contributed by atoms with van der Waals surface area (Å²) in [5.41, 5.74) is 0.552. The Balaban J connectivity index is 2.09. The number of hydrogen-bond acceptors (Lipinski definition) is 2. The van der Waals surface area contributed by atoms with Crippen LogP contribution >= 0.6 is 0 Å². The third-order valence-electron chi connectivity index (χ3n) is 3.17. The van der Waals surface area contributed by atoms with E-state index in [9.17, 15) is 17.6 Å². The minimum Gasteiger partial charge on any atom is -0.355 e. The molecule has 0 aliphatic heterocycles. The van der Waals surface area contributed by atoms with Crippen molar-refractivity contribution < 1.29 is 17.6 Å². The smallest absolute Gasteiger partial charge is 0.355 e. The number of aromatic nitrogens is 1. The molecule has 1 N–H and O–H groups in total. The zero-order chi connectivity index (χ0) is 15.7. The van der Waals surface area contributed by atoms with Crippen LogP contribution in [0, 0.1) is 5.82 Å². The molecule has 2 nitrogen and oxygen atoms in total. The van der Waals surface area contributed by atoms with Crippen molar-refractivity contribution in [3.8, 4) is 0 Å². The Labute approximate surface area is 123 Å². The average Bonchev–Trinajstić information content (AvgIpc) is 2.46. The molecule has 2 aromatic carbocycles. The average molecular weight is 306 g/mol. The zero-order valence-corrected chi connectivity index (χ0v) is 11.2. The van der Waals surface area contributed by atoms with E-state index >= 15 is 0 Å². The van der Waals surface area contributed by atoms with Gasteiger partial charge in [0.05, 0.1) is 11.1 Å². The number of nitrogens with one attached hydrogen (secondary N) is 1. The molecule has 3 rings (SSSR count). The van der Waals surface area contributed by atoms with E-state index in [-0.39, 0.29) is 0 Å². The fourth-order valence-corrected chi connectivity index (χ4v) is 2.15. The maximum absolute atomic E-state index is 13.2. The van der Waals surface area contributed by atoms with Gasteiger partial charge in [-0.1, -0.05) is 6.07 Å². The Hall–Kier alpha value is -2.63. The summed E-state index contributed by atoms with van der Waals surface area (Å²) >= 11 is 0. The maximum Gasteiger partial charge on any atom is 0.416 e. The summed E-state index contributed by atoms with van der Waals surface area (Å²) in [4.78, 5) is 4.04. The Morgan fingerprint density at radius 3 is 2.50 bits per heavy atom. The molecule has 0 unspecified atom stereocenters. The Morgan fingerprint density at radius 1 is 0.955 bits per heavy atom. The molecule has 0 atom stereocenters. The van der Waals surface area contributed by atoms with Gasteiger partial charge >= 0.3 is 6.18 Å².